The number of hydrogen-bond acceptors (Lipinski definition) is 5. The fourth-order valence-corrected chi connectivity index (χ4v) is 4.49. The van der Waals surface area contributed by atoms with Crippen LogP contribution in [0.3, 0.4) is 0 Å². The average Bonchev–Trinajstić information content (AvgIpc) is 2.63. The van der Waals surface area contributed by atoms with Crippen LogP contribution < -0.4 is 11.1 Å². The summed E-state index contributed by atoms with van der Waals surface area (Å²) in [6.45, 7) is 7.30. The Labute approximate surface area is 155 Å². The van der Waals surface area contributed by atoms with E-state index in [1.165, 1.54) is 4.31 Å². The summed E-state index contributed by atoms with van der Waals surface area (Å²) in [5.41, 5.74) is 6.12. The van der Waals surface area contributed by atoms with Crippen LogP contribution in [-0.2, 0) is 19.6 Å². The van der Waals surface area contributed by atoms with Gasteiger partial charge in [0.15, 0.2) is 0 Å². The number of ether oxygens (including phenoxy) is 1. The van der Waals surface area contributed by atoms with Gasteiger partial charge >= 0.3 is 0 Å². The molecule has 0 aliphatic carbocycles. The van der Waals surface area contributed by atoms with Gasteiger partial charge in [0, 0.05) is 26.3 Å². The summed E-state index contributed by atoms with van der Waals surface area (Å²) in [7, 11) is -3.48. The third-order valence-electron chi connectivity index (χ3n) is 4.91. The number of sulfonamides is 1. The van der Waals surface area contributed by atoms with Gasteiger partial charge in [-0.2, -0.15) is 4.31 Å². The normalized spacial score (nSPS) is 18.5. The molecule has 1 aliphatic rings. The fraction of sp³-hybridized carbons (Fsp3) is 0.611. The molecule has 8 heteroatoms. The molecule has 1 aromatic rings. The van der Waals surface area contributed by atoms with E-state index in [2.05, 4.69) is 5.32 Å². The van der Waals surface area contributed by atoms with Crippen LogP contribution in [0.1, 0.15) is 45.2 Å². The molecule has 1 heterocycles. The lowest BCUT2D eigenvalue weighted by molar-refractivity contribution is -0.130. The van der Waals surface area contributed by atoms with E-state index in [1.54, 1.807) is 24.3 Å². The number of hydrogen-bond donors (Lipinski definition) is 2. The molecule has 1 fully saturated rings. The van der Waals surface area contributed by atoms with E-state index in [0.29, 0.717) is 39.1 Å². The van der Waals surface area contributed by atoms with Gasteiger partial charge in [-0.15, -0.1) is 0 Å². The number of nitrogens with zero attached hydrogens (tertiary/aromatic N) is 1. The monoisotopic (exact) mass is 383 g/mol. The summed E-state index contributed by atoms with van der Waals surface area (Å²) < 4.78 is 31.7. The van der Waals surface area contributed by atoms with Crippen molar-refractivity contribution in [2.75, 3.05) is 26.3 Å². The molecule has 1 amide bonds. The van der Waals surface area contributed by atoms with Gasteiger partial charge in [0.25, 0.3) is 0 Å². The van der Waals surface area contributed by atoms with Crippen molar-refractivity contribution in [1.29, 1.82) is 0 Å². The minimum Gasteiger partial charge on any atom is -0.381 e. The summed E-state index contributed by atoms with van der Waals surface area (Å²) in [6, 6.07) is 6.36. The third-order valence-corrected chi connectivity index (χ3v) is 6.97. The van der Waals surface area contributed by atoms with Crippen molar-refractivity contribution >= 4 is 15.9 Å². The third kappa shape index (κ3) is 4.43. The van der Waals surface area contributed by atoms with Crippen LogP contribution in [0, 0.1) is 0 Å². The molecular weight excluding hydrogens is 354 g/mol. The van der Waals surface area contributed by atoms with E-state index < -0.39 is 15.6 Å². The predicted molar refractivity (Wildman–Crippen MR) is 100 cm³/mol. The van der Waals surface area contributed by atoms with Crippen molar-refractivity contribution in [2.24, 2.45) is 5.73 Å². The van der Waals surface area contributed by atoms with Gasteiger partial charge in [-0.1, -0.05) is 26.0 Å². The molecule has 0 radical (unpaired) electrons. The molecule has 1 aromatic carbocycles. The number of nitrogens with two attached hydrogens (primary N) is 1. The Morgan fingerprint density at radius 3 is 2.27 bits per heavy atom. The van der Waals surface area contributed by atoms with E-state index >= 15 is 0 Å². The zero-order valence-electron chi connectivity index (χ0n) is 15.7. The van der Waals surface area contributed by atoms with E-state index in [1.807, 2.05) is 20.8 Å². The maximum absolute atomic E-state index is 12.5. The minimum atomic E-state index is -3.48. The molecule has 1 unspecified atom stereocenters. The molecule has 2 rings (SSSR count). The molecule has 0 bridgehead atoms. The number of benzene rings is 1. The molecule has 1 aliphatic heterocycles. The van der Waals surface area contributed by atoms with Crippen molar-refractivity contribution < 1.29 is 17.9 Å². The maximum Gasteiger partial charge on any atom is 0.243 e. The first-order chi connectivity index (χ1) is 12.2. The predicted octanol–water partition coefficient (Wildman–Crippen LogP) is 1.40. The highest BCUT2D eigenvalue weighted by Crippen LogP contribution is 2.22. The molecule has 0 saturated carbocycles. The molecule has 7 nitrogen and oxygen atoms in total. The lowest BCUT2D eigenvalue weighted by Gasteiger charge is -2.33. The zero-order valence-corrected chi connectivity index (χ0v) is 16.5. The van der Waals surface area contributed by atoms with Crippen LogP contribution in [0.15, 0.2) is 29.2 Å². The Balaban J connectivity index is 2.09. The van der Waals surface area contributed by atoms with E-state index in [-0.39, 0.29) is 16.8 Å². The zero-order chi connectivity index (χ0) is 19.4. The SMILES string of the molecule is CCN(CC)S(=O)(=O)c1ccc(C(C)NC(=O)C2(N)CCOCC2)cc1. The smallest absolute Gasteiger partial charge is 0.243 e. The Hall–Kier alpha value is -1.48. The summed E-state index contributed by atoms with van der Waals surface area (Å²) >= 11 is 0. The highest BCUT2D eigenvalue weighted by atomic mass is 32.2. The van der Waals surface area contributed by atoms with Crippen LogP contribution in [0.4, 0.5) is 0 Å². The first-order valence-electron chi connectivity index (χ1n) is 9.02. The molecule has 1 saturated heterocycles. The lowest BCUT2D eigenvalue weighted by atomic mass is 9.90. The van der Waals surface area contributed by atoms with Crippen LogP contribution in [0.25, 0.3) is 0 Å². The molecule has 26 heavy (non-hydrogen) atoms. The van der Waals surface area contributed by atoms with Crippen molar-refractivity contribution in [3.05, 3.63) is 29.8 Å². The van der Waals surface area contributed by atoms with Crippen molar-refractivity contribution in [3.8, 4) is 0 Å². The average molecular weight is 384 g/mol. The van der Waals surface area contributed by atoms with Gasteiger partial charge in [-0.05, 0) is 37.5 Å². The topological polar surface area (TPSA) is 102 Å². The van der Waals surface area contributed by atoms with Crippen LogP contribution in [0.2, 0.25) is 0 Å². The Morgan fingerprint density at radius 1 is 1.23 bits per heavy atom. The van der Waals surface area contributed by atoms with Gasteiger partial charge < -0.3 is 15.8 Å². The lowest BCUT2D eigenvalue weighted by Crippen LogP contribution is -2.57. The van der Waals surface area contributed by atoms with Gasteiger partial charge in [-0.25, -0.2) is 8.42 Å². The number of carbonyl (C=O) groups excluding carboxylic acids is 1. The van der Waals surface area contributed by atoms with E-state index in [4.69, 9.17) is 10.5 Å². The maximum atomic E-state index is 12.5. The molecule has 3 N–H and O–H groups in total. The van der Waals surface area contributed by atoms with Crippen molar-refractivity contribution in [3.63, 3.8) is 0 Å². The second-order valence-electron chi connectivity index (χ2n) is 6.62. The molecule has 0 spiro atoms. The second-order valence-corrected chi connectivity index (χ2v) is 8.56. The second kappa shape index (κ2) is 8.47. The summed E-state index contributed by atoms with van der Waals surface area (Å²) in [5.74, 6) is -0.201. The quantitative estimate of drug-likeness (QED) is 0.741. The van der Waals surface area contributed by atoms with Gasteiger partial charge in [-0.3, -0.25) is 4.79 Å². The fourth-order valence-electron chi connectivity index (χ4n) is 3.03. The van der Waals surface area contributed by atoms with Gasteiger partial charge in [0.05, 0.1) is 16.5 Å². The standard InChI is InChI=1S/C18H29N3O4S/c1-4-21(5-2)26(23,24)16-8-6-15(7-9-16)14(3)20-17(22)18(19)10-12-25-13-11-18/h6-9,14H,4-5,10-13,19H2,1-3H3,(H,20,22). The van der Waals surface area contributed by atoms with Crippen LogP contribution in [-0.4, -0.2) is 50.5 Å². The Morgan fingerprint density at radius 2 is 1.77 bits per heavy atom. The number of nitrogens with one attached hydrogen (secondary N) is 1. The molecule has 1 atom stereocenters. The summed E-state index contributed by atoms with van der Waals surface area (Å²) in [4.78, 5) is 12.8. The minimum absolute atomic E-state index is 0.201. The van der Waals surface area contributed by atoms with Crippen LogP contribution >= 0.6 is 0 Å². The van der Waals surface area contributed by atoms with E-state index in [9.17, 15) is 13.2 Å². The van der Waals surface area contributed by atoms with Gasteiger partial charge in [0.2, 0.25) is 15.9 Å². The molecular formula is C18H29N3O4S. The first-order valence-corrected chi connectivity index (χ1v) is 10.5. The summed E-state index contributed by atoms with van der Waals surface area (Å²) in [5, 5.41) is 2.93. The van der Waals surface area contributed by atoms with Crippen LogP contribution in [0.5, 0.6) is 0 Å². The largest absolute Gasteiger partial charge is 0.381 e. The summed E-state index contributed by atoms with van der Waals surface area (Å²) in [6.07, 6.45) is 0.985. The highest BCUT2D eigenvalue weighted by Gasteiger charge is 2.36. The molecule has 146 valence electrons. The molecule has 0 aromatic heterocycles. The number of amides is 1. The Bertz CT molecular complexity index is 708. The van der Waals surface area contributed by atoms with Crippen molar-refractivity contribution in [2.45, 2.75) is 50.1 Å². The highest BCUT2D eigenvalue weighted by molar-refractivity contribution is 7.89. The number of rotatable bonds is 7. The van der Waals surface area contributed by atoms with Crippen molar-refractivity contribution in [1.82, 2.24) is 9.62 Å². The Kier molecular flexibility index (Phi) is 6.79. The first kappa shape index (κ1) is 20.8. The van der Waals surface area contributed by atoms with E-state index in [0.717, 1.165) is 5.56 Å². The van der Waals surface area contributed by atoms with Gasteiger partial charge in [0.1, 0.15) is 0 Å². The number of carbonyl (C=O) groups is 1.